The number of imidazole rings is 1. The number of aromatic nitrogens is 2. The molecule has 0 saturated heterocycles. The fourth-order valence-corrected chi connectivity index (χ4v) is 2.50. The van der Waals surface area contributed by atoms with Gasteiger partial charge in [0.05, 0.1) is 20.3 Å². The van der Waals surface area contributed by atoms with Crippen molar-refractivity contribution in [3.63, 3.8) is 0 Å². The molecule has 5 nitrogen and oxygen atoms in total. The van der Waals surface area contributed by atoms with E-state index >= 15 is 0 Å². The molecule has 1 N–H and O–H groups in total. The molecule has 2 aromatic rings. The molecule has 114 valence electrons. The lowest BCUT2D eigenvalue weighted by atomic mass is 10.0. The summed E-state index contributed by atoms with van der Waals surface area (Å²) in [6.07, 6.45) is 4.91. The second kappa shape index (κ2) is 7.13. The van der Waals surface area contributed by atoms with Crippen LogP contribution in [0, 0.1) is 0 Å². The van der Waals surface area contributed by atoms with Crippen LogP contribution in [0.4, 0.5) is 0 Å². The number of hydrogen-bond donors (Lipinski definition) is 1. The van der Waals surface area contributed by atoms with Gasteiger partial charge in [0, 0.05) is 24.5 Å². The van der Waals surface area contributed by atoms with E-state index in [2.05, 4.69) is 21.8 Å². The summed E-state index contributed by atoms with van der Waals surface area (Å²) < 4.78 is 13.0. The van der Waals surface area contributed by atoms with Crippen LogP contribution in [-0.2, 0) is 6.54 Å². The van der Waals surface area contributed by atoms with E-state index in [1.54, 1.807) is 14.2 Å². The van der Waals surface area contributed by atoms with Gasteiger partial charge < -0.3 is 19.4 Å². The highest BCUT2D eigenvalue weighted by Crippen LogP contribution is 2.32. The molecule has 0 bridgehead atoms. The first kappa shape index (κ1) is 15.4. The maximum atomic E-state index is 5.49. The normalized spacial score (nSPS) is 12.2. The minimum absolute atomic E-state index is 0.0448. The third-order valence-corrected chi connectivity index (χ3v) is 3.51. The van der Waals surface area contributed by atoms with E-state index in [-0.39, 0.29) is 6.04 Å². The number of methoxy groups -OCH3 is 2. The van der Waals surface area contributed by atoms with E-state index < -0.39 is 0 Å². The zero-order valence-electron chi connectivity index (χ0n) is 13.1. The Hall–Kier alpha value is -2.01. The Kier molecular flexibility index (Phi) is 5.22. The molecule has 1 unspecified atom stereocenters. The second-order valence-electron chi connectivity index (χ2n) is 4.81. The average molecular weight is 289 g/mol. The van der Waals surface area contributed by atoms with Crippen molar-refractivity contribution in [1.82, 2.24) is 14.9 Å². The molecule has 1 aromatic heterocycles. The molecule has 0 aliphatic carbocycles. The molecule has 5 heteroatoms. The Balaban J connectivity index is 2.47. The van der Waals surface area contributed by atoms with E-state index in [1.165, 1.54) is 0 Å². The maximum Gasteiger partial charge on any atom is 0.130 e. The van der Waals surface area contributed by atoms with Gasteiger partial charge >= 0.3 is 0 Å². The lowest BCUT2D eigenvalue weighted by Crippen LogP contribution is -2.22. The molecular weight excluding hydrogens is 266 g/mol. The summed E-state index contributed by atoms with van der Waals surface area (Å²) in [5, 5.41) is 3.33. The Labute approximate surface area is 125 Å². The van der Waals surface area contributed by atoms with Crippen LogP contribution in [0.15, 0.2) is 30.6 Å². The predicted molar refractivity (Wildman–Crippen MR) is 83.0 cm³/mol. The van der Waals surface area contributed by atoms with E-state index in [0.29, 0.717) is 0 Å². The van der Waals surface area contributed by atoms with Gasteiger partial charge in [0.1, 0.15) is 17.3 Å². The topological polar surface area (TPSA) is 48.3 Å². The number of aryl methyl sites for hydroxylation is 1. The number of benzene rings is 1. The van der Waals surface area contributed by atoms with E-state index in [9.17, 15) is 0 Å². The summed E-state index contributed by atoms with van der Waals surface area (Å²) in [6, 6.07) is 5.76. The molecule has 0 spiro atoms. The molecule has 0 saturated carbocycles. The van der Waals surface area contributed by atoms with Crippen molar-refractivity contribution in [1.29, 1.82) is 0 Å². The van der Waals surface area contributed by atoms with Gasteiger partial charge in [-0.3, -0.25) is 0 Å². The van der Waals surface area contributed by atoms with Crippen molar-refractivity contribution in [3.8, 4) is 11.5 Å². The highest BCUT2D eigenvalue weighted by atomic mass is 16.5. The minimum Gasteiger partial charge on any atom is -0.497 e. The lowest BCUT2D eigenvalue weighted by molar-refractivity contribution is 0.393. The van der Waals surface area contributed by atoms with Crippen LogP contribution in [-0.4, -0.2) is 30.8 Å². The fraction of sp³-hybridized carbons (Fsp3) is 0.438. The van der Waals surface area contributed by atoms with Crippen LogP contribution in [0.25, 0.3) is 0 Å². The predicted octanol–water partition coefficient (Wildman–Crippen LogP) is 2.62. The van der Waals surface area contributed by atoms with Crippen molar-refractivity contribution in [2.45, 2.75) is 25.9 Å². The molecule has 1 aromatic carbocycles. The molecule has 0 fully saturated rings. The Morgan fingerprint density at radius 1 is 1.29 bits per heavy atom. The average Bonchev–Trinajstić information content (AvgIpc) is 2.96. The number of rotatable bonds is 7. The third-order valence-electron chi connectivity index (χ3n) is 3.51. The quantitative estimate of drug-likeness (QED) is 0.851. The van der Waals surface area contributed by atoms with Crippen molar-refractivity contribution >= 4 is 0 Å². The summed E-state index contributed by atoms with van der Waals surface area (Å²) in [5.74, 6) is 2.60. The van der Waals surface area contributed by atoms with E-state index in [4.69, 9.17) is 9.47 Å². The molecular formula is C16H23N3O2. The lowest BCUT2D eigenvalue weighted by Gasteiger charge is -2.21. The van der Waals surface area contributed by atoms with Gasteiger partial charge in [-0.15, -0.1) is 0 Å². The zero-order valence-corrected chi connectivity index (χ0v) is 13.1. The Bertz CT molecular complexity index is 581. The van der Waals surface area contributed by atoms with Crippen LogP contribution < -0.4 is 14.8 Å². The first-order valence-corrected chi connectivity index (χ1v) is 7.15. The Morgan fingerprint density at radius 2 is 2.10 bits per heavy atom. The Morgan fingerprint density at radius 3 is 2.71 bits per heavy atom. The molecule has 2 rings (SSSR count). The first-order chi connectivity index (χ1) is 10.2. The summed E-state index contributed by atoms with van der Waals surface area (Å²) in [6.45, 7) is 3.10. The van der Waals surface area contributed by atoms with Gasteiger partial charge in [-0.2, -0.15) is 0 Å². The minimum atomic E-state index is -0.0448. The van der Waals surface area contributed by atoms with E-state index in [0.717, 1.165) is 35.9 Å². The molecule has 0 radical (unpaired) electrons. The maximum absolute atomic E-state index is 5.49. The zero-order chi connectivity index (χ0) is 15.2. The van der Waals surface area contributed by atoms with Crippen LogP contribution in [0.2, 0.25) is 0 Å². The van der Waals surface area contributed by atoms with Crippen molar-refractivity contribution in [2.24, 2.45) is 0 Å². The smallest absolute Gasteiger partial charge is 0.130 e. The van der Waals surface area contributed by atoms with Gasteiger partial charge in [-0.1, -0.05) is 6.92 Å². The fourth-order valence-electron chi connectivity index (χ4n) is 2.50. The highest BCUT2D eigenvalue weighted by molar-refractivity contribution is 5.44. The molecule has 0 amide bonds. The third kappa shape index (κ3) is 3.19. The summed E-state index contributed by atoms with van der Waals surface area (Å²) in [5.41, 5.74) is 1.02. The van der Waals surface area contributed by atoms with Gasteiger partial charge in [0.2, 0.25) is 0 Å². The van der Waals surface area contributed by atoms with Crippen molar-refractivity contribution in [2.75, 3.05) is 21.3 Å². The van der Waals surface area contributed by atoms with Crippen LogP contribution in [0.3, 0.4) is 0 Å². The number of nitrogens with zero attached hydrogens (tertiary/aromatic N) is 2. The SMILES string of the molecule is CCCn1ccnc1C(NC)c1cc(OC)ccc1OC. The van der Waals surface area contributed by atoms with Crippen molar-refractivity contribution < 1.29 is 9.47 Å². The van der Waals surface area contributed by atoms with Gasteiger partial charge in [0.25, 0.3) is 0 Å². The molecule has 1 atom stereocenters. The molecule has 0 aliphatic rings. The van der Waals surface area contributed by atoms with Crippen LogP contribution in [0.5, 0.6) is 11.5 Å². The number of nitrogens with one attached hydrogen (secondary N) is 1. The highest BCUT2D eigenvalue weighted by Gasteiger charge is 2.21. The van der Waals surface area contributed by atoms with E-state index in [1.807, 2.05) is 37.6 Å². The first-order valence-electron chi connectivity index (χ1n) is 7.15. The summed E-state index contributed by atoms with van der Waals surface area (Å²) in [4.78, 5) is 4.52. The monoisotopic (exact) mass is 289 g/mol. The van der Waals surface area contributed by atoms with Gasteiger partial charge in [0.15, 0.2) is 0 Å². The van der Waals surface area contributed by atoms with Gasteiger partial charge in [-0.05, 0) is 31.7 Å². The molecule has 0 aliphatic heterocycles. The van der Waals surface area contributed by atoms with Crippen LogP contribution in [0.1, 0.15) is 30.8 Å². The van der Waals surface area contributed by atoms with Crippen molar-refractivity contribution in [3.05, 3.63) is 42.0 Å². The van der Waals surface area contributed by atoms with Gasteiger partial charge in [-0.25, -0.2) is 4.98 Å². The molecule has 21 heavy (non-hydrogen) atoms. The largest absolute Gasteiger partial charge is 0.497 e. The number of ether oxygens (including phenoxy) is 2. The molecule has 1 heterocycles. The number of hydrogen-bond acceptors (Lipinski definition) is 4. The summed E-state index contributed by atoms with van der Waals surface area (Å²) >= 11 is 0. The standard InChI is InChI=1S/C16H23N3O2/c1-5-9-19-10-8-18-16(19)15(17-2)13-11-12(20-3)6-7-14(13)21-4/h6-8,10-11,15,17H,5,9H2,1-4H3. The second-order valence-corrected chi connectivity index (χ2v) is 4.81. The summed E-state index contributed by atoms with van der Waals surface area (Å²) in [7, 11) is 5.27. The van der Waals surface area contributed by atoms with Crippen LogP contribution >= 0.6 is 0 Å².